The van der Waals surface area contributed by atoms with Crippen LogP contribution in [-0.4, -0.2) is 33.7 Å². The van der Waals surface area contributed by atoms with E-state index < -0.39 is 17.4 Å². The molecule has 2 aliphatic rings. The van der Waals surface area contributed by atoms with Crippen molar-refractivity contribution in [2.45, 2.75) is 0 Å². The Morgan fingerprint density at radius 3 is 1.93 bits per heavy atom. The SMILES string of the molecule is O=C(O)C1(C(=O)O)C=C2CSCC2=C1. The monoisotopic (exact) mass is 212 g/mol. The molecule has 0 spiro atoms. The lowest BCUT2D eigenvalue weighted by Gasteiger charge is -2.13. The van der Waals surface area contributed by atoms with Gasteiger partial charge in [-0.2, -0.15) is 11.8 Å². The fraction of sp³-hybridized carbons (Fsp3) is 0.333. The van der Waals surface area contributed by atoms with Crippen LogP contribution in [0.3, 0.4) is 0 Å². The van der Waals surface area contributed by atoms with Gasteiger partial charge in [0.05, 0.1) is 0 Å². The fourth-order valence-corrected chi connectivity index (χ4v) is 2.73. The van der Waals surface area contributed by atoms with Gasteiger partial charge in [-0.3, -0.25) is 9.59 Å². The zero-order chi connectivity index (χ0) is 10.3. The first-order chi connectivity index (χ1) is 6.56. The highest BCUT2D eigenvalue weighted by Crippen LogP contribution is 2.41. The van der Waals surface area contributed by atoms with Gasteiger partial charge in [0.1, 0.15) is 0 Å². The van der Waals surface area contributed by atoms with Crippen LogP contribution in [0.1, 0.15) is 0 Å². The Bertz CT molecular complexity index is 344. The molecule has 0 saturated carbocycles. The van der Waals surface area contributed by atoms with Gasteiger partial charge in [0.15, 0.2) is 0 Å². The van der Waals surface area contributed by atoms with E-state index in [2.05, 4.69) is 0 Å². The van der Waals surface area contributed by atoms with Crippen LogP contribution < -0.4 is 0 Å². The minimum Gasteiger partial charge on any atom is -0.480 e. The topological polar surface area (TPSA) is 74.6 Å². The third kappa shape index (κ3) is 1.09. The maximum atomic E-state index is 10.9. The van der Waals surface area contributed by atoms with Crippen molar-refractivity contribution >= 4 is 23.7 Å². The van der Waals surface area contributed by atoms with E-state index in [1.54, 1.807) is 11.8 Å². The summed E-state index contributed by atoms with van der Waals surface area (Å²) in [4.78, 5) is 21.8. The number of aliphatic carboxylic acids is 2. The van der Waals surface area contributed by atoms with Crippen molar-refractivity contribution < 1.29 is 19.8 Å². The molecule has 0 aromatic carbocycles. The van der Waals surface area contributed by atoms with Crippen LogP contribution in [0, 0.1) is 5.41 Å². The van der Waals surface area contributed by atoms with E-state index in [1.165, 1.54) is 12.2 Å². The van der Waals surface area contributed by atoms with Gasteiger partial charge in [-0.1, -0.05) is 0 Å². The molecular formula is C9H8O4S. The van der Waals surface area contributed by atoms with Gasteiger partial charge in [-0.25, -0.2) is 0 Å². The molecule has 0 amide bonds. The highest BCUT2D eigenvalue weighted by molar-refractivity contribution is 8.00. The van der Waals surface area contributed by atoms with Crippen molar-refractivity contribution in [2.24, 2.45) is 5.41 Å². The first-order valence-electron chi connectivity index (χ1n) is 4.04. The number of rotatable bonds is 2. The van der Waals surface area contributed by atoms with E-state index in [9.17, 15) is 9.59 Å². The Hall–Kier alpha value is -1.23. The molecule has 1 saturated heterocycles. The Labute approximate surface area is 84.3 Å². The van der Waals surface area contributed by atoms with Crippen LogP contribution in [0.25, 0.3) is 0 Å². The summed E-state index contributed by atoms with van der Waals surface area (Å²) < 4.78 is 0. The largest absolute Gasteiger partial charge is 0.480 e. The molecule has 1 aliphatic heterocycles. The Balaban J connectivity index is 2.48. The fourth-order valence-electron chi connectivity index (χ4n) is 1.65. The predicted molar refractivity (Wildman–Crippen MR) is 51.2 cm³/mol. The smallest absolute Gasteiger partial charge is 0.329 e. The second kappa shape index (κ2) is 2.88. The summed E-state index contributed by atoms with van der Waals surface area (Å²) in [7, 11) is 0. The molecule has 0 unspecified atom stereocenters. The number of carbonyl (C=O) groups is 2. The zero-order valence-electron chi connectivity index (χ0n) is 7.19. The molecule has 2 rings (SSSR count). The summed E-state index contributed by atoms with van der Waals surface area (Å²) >= 11 is 1.67. The number of carboxylic acids is 2. The quantitative estimate of drug-likeness (QED) is 0.661. The summed E-state index contributed by atoms with van der Waals surface area (Å²) in [5.74, 6) is -1.20. The lowest BCUT2D eigenvalue weighted by molar-refractivity contribution is -0.157. The van der Waals surface area contributed by atoms with Crippen molar-refractivity contribution in [3.63, 3.8) is 0 Å². The molecule has 1 aliphatic carbocycles. The van der Waals surface area contributed by atoms with Crippen LogP contribution in [0.4, 0.5) is 0 Å². The maximum absolute atomic E-state index is 10.9. The van der Waals surface area contributed by atoms with Gasteiger partial charge in [-0.05, 0) is 23.3 Å². The molecule has 74 valence electrons. The molecular weight excluding hydrogens is 204 g/mol. The van der Waals surface area contributed by atoms with Gasteiger partial charge < -0.3 is 10.2 Å². The van der Waals surface area contributed by atoms with Gasteiger partial charge in [-0.15, -0.1) is 0 Å². The van der Waals surface area contributed by atoms with E-state index in [-0.39, 0.29) is 0 Å². The second-order valence-electron chi connectivity index (χ2n) is 3.31. The van der Waals surface area contributed by atoms with Crippen LogP contribution in [-0.2, 0) is 9.59 Å². The first-order valence-corrected chi connectivity index (χ1v) is 5.20. The zero-order valence-corrected chi connectivity index (χ0v) is 8.00. The lowest BCUT2D eigenvalue weighted by atomic mass is 9.90. The van der Waals surface area contributed by atoms with Gasteiger partial charge >= 0.3 is 11.9 Å². The summed E-state index contributed by atoms with van der Waals surface area (Å²) in [6.45, 7) is 0. The molecule has 2 N–H and O–H groups in total. The highest BCUT2D eigenvalue weighted by atomic mass is 32.2. The van der Waals surface area contributed by atoms with Crippen LogP contribution in [0.5, 0.6) is 0 Å². The van der Waals surface area contributed by atoms with Gasteiger partial charge in [0, 0.05) is 11.5 Å². The van der Waals surface area contributed by atoms with Crippen LogP contribution >= 0.6 is 11.8 Å². The van der Waals surface area contributed by atoms with Gasteiger partial charge in [0.2, 0.25) is 5.41 Å². The molecule has 14 heavy (non-hydrogen) atoms. The van der Waals surface area contributed by atoms with E-state index in [4.69, 9.17) is 10.2 Å². The number of thioether (sulfide) groups is 1. The average Bonchev–Trinajstić information content (AvgIpc) is 2.58. The number of carboxylic acid groups (broad SMARTS) is 2. The molecule has 5 heteroatoms. The van der Waals surface area contributed by atoms with E-state index in [0.717, 1.165) is 11.1 Å². The average molecular weight is 212 g/mol. The van der Waals surface area contributed by atoms with E-state index in [1.807, 2.05) is 0 Å². The predicted octanol–water partition coefficient (Wildman–Crippen LogP) is 0.755. The summed E-state index contributed by atoms with van der Waals surface area (Å²) in [6, 6.07) is 0. The second-order valence-corrected chi connectivity index (χ2v) is 4.30. The molecule has 0 bridgehead atoms. The molecule has 0 radical (unpaired) electrons. The normalized spacial score (nSPS) is 22.6. The minimum atomic E-state index is -1.81. The molecule has 0 aromatic rings. The molecule has 0 aromatic heterocycles. The Morgan fingerprint density at radius 1 is 1.14 bits per heavy atom. The molecule has 1 heterocycles. The van der Waals surface area contributed by atoms with E-state index in [0.29, 0.717) is 11.5 Å². The van der Waals surface area contributed by atoms with Crippen molar-refractivity contribution in [3.05, 3.63) is 23.3 Å². The molecule has 0 atom stereocenters. The van der Waals surface area contributed by atoms with Crippen molar-refractivity contribution in [1.29, 1.82) is 0 Å². The summed E-state index contributed by atoms with van der Waals surface area (Å²) in [5, 5.41) is 17.8. The standard InChI is InChI=1S/C9H8O4S/c10-7(11)9(8(12)13)1-5-3-14-4-6(5)2-9/h1-2H,3-4H2,(H,10,11)(H,12,13). The Kier molecular flexibility index (Phi) is 1.92. The Morgan fingerprint density at radius 2 is 1.57 bits per heavy atom. The number of fused-ring (bicyclic) bond motifs is 1. The summed E-state index contributed by atoms with van der Waals surface area (Å²) in [5.41, 5.74) is -0.0920. The summed E-state index contributed by atoms with van der Waals surface area (Å²) in [6.07, 6.45) is 2.71. The lowest BCUT2D eigenvalue weighted by Crippen LogP contribution is -2.34. The first kappa shape index (κ1) is 9.33. The molecule has 4 nitrogen and oxygen atoms in total. The van der Waals surface area contributed by atoms with Gasteiger partial charge in [0.25, 0.3) is 0 Å². The van der Waals surface area contributed by atoms with Crippen LogP contribution in [0.2, 0.25) is 0 Å². The van der Waals surface area contributed by atoms with Crippen molar-refractivity contribution in [3.8, 4) is 0 Å². The van der Waals surface area contributed by atoms with Crippen LogP contribution in [0.15, 0.2) is 23.3 Å². The van der Waals surface area contributed by atoms with E-state index >= 15 is 0 Å². The highest BCUT2D eigenvalue weighted by Gasteiger charge is 2.47. The molecule has 1 fully saturated rings. The number of hydrogen-bond acceptors (Lipinski definition) is 3. The third-order valence-corrected chi connectivity index (χ3v) is 3.47. The number of hydrogen-bond donors (Lipinski definition) is 2. The minimum absolute atomic E-state index is 0.716. The van der Waals surface area contributed by atoms with Crippen molar-refractivity contribution in [2.75, 3.05) is 11.5 Å². The third-order valence-electron chi connectivity index (χ3n) is 2.44. The van der Waals surface area contributed by atoms with Crippen molar-refractivity contribution in [1.82, 2.24) is 0 Å². The maximum Gasteiger partial charge on any atom is 0.329 e.